The molecular weight excluding hydrogens is 328 g/mol. The Balaban J connectivity index is 1.82. The predicted octanol–water partition coefficient (Wildman–Crippen LogP) is 4.41. The number of phenols is 2. The molecule has 0 spiro atoms. The fourth-order valence-electron chi connectivity index (χ4n) is 3.63. The molecule has 2 N–H and O–H groups in total. The van der Waals surface area contributed by atoms with Gasteiger partial charge in [0.05, 0.1) is 13.7 Å². The van der Waals surface area contributed by atoms with Gasteiger partial charge in [-0.15, -0.1) is 0 Å². The van der Waals surface area contributed by atoms with E-state index in [1.807, 2.05) is 30.3 Å². The Morgan fingerprint density at radius 3 is 2.19 bits per heavy atom. The molecule has 132 valence electrons. The summed E-state index contributed by atoms with van der Waals surface area (Å²) in [6.45, 7) is 0.498. The largest absolute Gasteiger partial charge is 0.508 e. The Hall–Kier alpha value is -3.14. The van der Waals surface area contributed by atoms with Gasteiger partial charge in [-0.1, -0.05) is 30.3 Å². The highest BCUT2D eigenvalue weighted by molar-refractivity contribution is 5.51. The number of fused-ring (bicyclic) bond motifs is 1. The minimum Gasteiger partial charge on any atom is -0.508 e. The summed E-state index contributed by atoms with van der Waals surface area (Å²) in [5, 5.41) is 19.4. The van der Waals surface area contributed by atoms with Gasteiger partial charge in [-0.05, 0) is 41.5 Å². The minimum absolute atomic E-state index is 0.0785. The zero-order chi connectivity index (χ0) is 18.1. The molecule has 2 atom stereocenters. The summed E-state index contributed by atoms with van der Waals surface area (Å²) >= 11 is 0. The van der Waals surface area contributed by atoms with E-state index in [9.17, 15) is 10.2 Å². The minimum atomic E-state index is 0.0785. The third-order valence-electron chi connectivity index (χ3n) is 4.95. The third-order valence-corrected chi connectivity index (χ3v) is 4.95. The lowest BCUT2D eigenvalue weighted by atomic mass is 9.76. The lowest BCUT2D eigenvalue weighted by molar-refractivity contribution is 0.247. The molecule has 4 rings (SSSR count). The molecule has 0 aliphatic carbocycles. The van der Waals surface area contributed by atoms with Gasteiger partial charge < -0.3 is 19.7 Å². The maximum absolute atomic E-state index is 9.80. The van der Waals surface area contributed by atoms with Gasteiger partial charge in [0.15, 0.2) is 0 Å². The molecule has 0 bridgehead atoms. The molecule has 4 heteroatoms. The fourth-order valence-corrected chi connectivity index (χ4v) is 3.63. The summed E-state index contributed by atoms with van der Waals surface area (Å²) in [6, 6.07) is 20.6. The van der Waals surface area contributed by atoms with Crippen LogP contribution in [0.5, 0.6) is 23.0 Å². The number of methoxy groups -OCH3 is 1. The van der Waals surface area contributed by atoms with Crippen LogP contribution < -0.4 is 9.47 Å². The molecule has 1 aliphatic heterocycles. The molecule has 3 aromatic rings. The van der Waals surface area contributed by atoms with E-state index < -0.39 is 0 Å². The molecule has 0 fully saturated rings. The van der Waals surface area contributed by atoms with Gasteiger partial charge in [0.2, 0.25) is 0 Å². The van der Waals surface area contributed by atoms with Crippen molar-refractivity contribution in [3.63, 3.8) is 0 Å². The van der Waals surface area contributed by atoms with Crippen molar-refractivity contribution in [3.8, 4) is 23.0 Å². The number of aromatic hydroxyl groups is 2. The van der Waals surface area contributed by atoms with Crippen LogP contribution in [0.15, 0.2) is 66.7 Å². The van der Waals surface area contributed by atoms with E-state index in [0.717, 1.165) is 22.4 Å². The molecule has 4 nitrogen and oxygen atoms in total. The lowest BCUT2D eigenvalue weighted by Gasteiger charge is -2.34. The van der Waals surface area contributed by atoms with Crippen molar-refractivity contribution < 1.29 is 19.7 Å². The summed E-state index contributed by atoms with van der Waals surface area (Å²) in [5.74, 6) is 2.14. The first-order valence-corrected chi connectivity index (χ1v) is 8.54. The van der Waals surface area contributed by atoms with E-state index in [4.69, 9.17) is 9.47 Å². The van der Waals surface area contributed by atoms with E-state index in [1.54, 1.807) is 31.4 Å². The Kier molecular flexibility index (Phi) is 4.17. The van der Waals surface area contributed by atoms with Gasteiger partial charge in [-0.3, -0.25) is 0 Å². The van der Waals surface area contributed by atoms with Crippen LogP contribution in [-0.4, -0.2) is 23.9 Å². The number of rotatable bonds is 3. The van der Waals surface area contributed by atoms with Crippen molar-refractivity contribution in [3.05, 3.63) is 83.4 Å². The van der Waals surface area contributed by atoms with Crippen molar-refractivity contribution >= 4 is 0 Å². The van der Waals surface area contributed by atoms with Crippen LogP contribution in [-0.2, 0) is 0 Å². The van der Waals surface area contributed by atoms with E-state index >= 15 is 0 Å². The molecule has 1 aliphatic rings. The Morgan fingerprint density at radius 2 is 1.50 bits per heavy atom. The number of hydrogen-bond acceptors (Lipinski definition) is 4. The maximum Gasteiger partial charge on any atom is 0.126 e. The summed E-state index contributed by atoms with van der Waals surface area (Å²) in [5.41, 5.74) is 3.29. The highest BCUT2D eigenvalue weighted by Crippen LogP contribution is 2.47. The van der Waals surface area contributed by atoms with Crippen molar-refractivity contribution in [2.24, 2.45) is 0 Å². The zero-order valence-electron chi connectivity index (χ0n) is 14.4. The van der Waals surface area contributed by atoms with Crippen molar-refractivity contribution in [2.75, 3.05) is 13.7 Å². The molecule has 0 saturated carbocycles. The predicted molar refractivity (Wildman–Crippen MR) is 99.3 cm³/mol. The second kappa shape index (κ2) is 6.64. The third kappa shape index (κ3) is 2.94. The molecule has 26 heavy (non-hydrogen) atoms. The molecule has 0 aromatic heterocycles. The average molecular weight is 348 g/mol. The second-order valence-electron chi connectivity index (χ2n) is 6.48. The SMILES string of the molecule is COc1ccc(C2c3ccc(O)cc3OCC2c2ccc(O)cc2)cc1. The quantitative estimate of drug-likeness (QED) is 0.736. The van der Waals surface area contributed by atoms with Crippen molar-refractivity contribution in [2.45, 2.75) is 11.8 Å². The van der Waals surface area contributed by atoms with Crippen LogP contribution in [0, 0.1) is 0 Å². The molecule has 2 unspecified atom stereocenters. The summed E-state index contributed by atoms with van der Waals surface area (Å²) < 4.78 is 11.2. The van der Waals surface area contributed by atoms with E-state index in [1.165, 1.54) is 0 Å². The lowest BCUT2D eigenvalue weighted by Crippen LogP contribution is -2.25. The summed E-state index contributed by atoms with van der Waals surface area (Å²) in [4.78, 5) is 0. The molecule has 0 amide bonds. The van der Waals surface area contributed by atoms with Crippen LogP contribution in [0.4, 0.5) is 0 Å². The van der Waals surface area contributed by atoms with Crippen molar-refractivity contribution in [1.82, 2.24) is 0 Å². The summed E-state index contributed by atoms with van der Waals surface area (Å²) in [7, 11) is 1.65. The molecule has 0 radical (unpaired) electrons. The molecule has 3 aromatic carbocycles. The van der Waals surface area contributed by atoms with Gasteiger partial charge in [-0.25, -0.2) is 0 Å². The first-order chi connectivity index (χ1) is 12.7. The number of ether oxygens (including phenoxy) is 2. The van der Waals surface area contributed by atoms with Crippen LogP contribution in [0.1, 0.15) is 28.5 Å². The van der Waals surface area contributed by atoms with E-state index in [0.29, 0.717) is 12.4 Å². The van der Waals surface area contributed by atoms with Crippen molar-refractivity contribution in [1.29, 1.82) is 0 Å². The van der Waals surface area contributed by atoms with Crippen LogP contribution in [0.2, 0.25) is 0 Å². The Labute approximate surface area is 152 Å². The Bertz CT molecular complexity index is 900. The zero-order valence-corrected chi connectivity index (χ0v) is 14.4. The van der Waals surface area contributed by atoms with Gasteiger partial charge in [0.1, 0.15) is 23.0 Å². The second-order valence-corrected chi connectivity index (χ2v) is 6.48. The molecule has 1 heterocycles. The van der Waals surface area contributed by atoms with E-state index in [2.05, 4.69) is 12.1 Å². The van der Waals surface area contributed by atoms with Crippen LogP contribution in [0.25, 0.3) is 0 Å². The number of benzene rings is 3. The molecular formula is C22H20O4. The van der Waals surface area contributed by atoms with E-state index in [-0.39, 0.29) is 23.3 Å². The van der Waals surface area contributed by atoms with Gasteiger partial charge in [0.25, 0.3) is 0 Å². The topological polar surface area (TPSA) is 58.9 Å². The first kappa shape index (κ1) is 16.3. The van der Waals surface area contributed by atoms with Gasteiger partial charge in [-0.2, -0.15) is 0 Å². The monoisotopic (exact) mass is 348 g/mol. The highest BCUT2D eigenvalue weighted by Gasteiger charge is 2.33. The highest BCUT2D eigenvalue weighted by atomic mass is 16.5. The summed E-state index contributed by atoms with van der Waals surface area (Å²) in [6.07, 6.45) is 0. The van der Waals surface area contributed by atoms with Gasteiger partial charge >= 0.3 is 0 Å². The van der Waals surface area contributed by atoms with Crippen LogP contribution >= 0.6 is 0 Å². The maximum atomic E-state index is 9.80. The number of phenolic OH excluding ortho intramolecular Hbond substituents is 2. The van der Waals surface area contributed by atoms with Gasteiger partial charge in [0, 0.05) is 23.5 Å². The normalized spacial score (nSPS) is 18.7. The standard InChI is InChI=1S/C22H20O4/c1-25-18-9-4-15(5-10-18)22-19-11-8-17(24)12-21(19)26-13-20(22)14-2-6-16(23)7-3-14/h2-12,20,22-24H,13H2,1H3. The smallest absolute Gasteiger partial charge is 0.126 e. The first-order valence-electron chi connectivity index (χ1n) is 8.54. The Morgan fingerprint density at radius 1 is 0.846 bits per heavy atom. The van der Waals surface area contributed by atoms with Crippen LogP contribution in [0.3, 0.4) is 0 Å². The average Bonchev–Trinajstić information content (AvgIpc) is 2.68. The number of hydrogen-bond donors (Lipinski definition) is 2. The molecule has 0 saturated heterocycles. The fraction of sp³-hybridized carbons (Fsp3) is 0.182.